The number of fused-ring (bicyclic) bond motifs is 1. The normalized spacial score (nSPS) is 10.8. The van der Waals surface area contributed by atoms with Crippen molar-refractivity contribution in [3.63, 3.8) is 0 Å². The highest BCUT2D eigenvalue weighted by Crippen LogP contribution is 2.21. The van der Waals surface area contributed by atoms with Gasteiger partial charge in [0.15, 0.2) is 0 Å². The largest absolute Gasteiger partial charge is 0.491 e. The molecule has 0 fully saturated rings. The molecule has 3 aromatic rings. The standard InChI is InChI=1S/C23H28N4O3/c1-16(2)30-20-8-5-17(6-9-20)14-24-23(29)25-19-7-10-21-18(13-19)11-12-27(21)15-22(28)26(3)4/h5-13,16H,14-15H2,1-4H3,(H2,24,25,29). The second-order valence-electron chi connectivity index (χ2n) is 7.62. The van der Waals surface area contributed by atoms with E-state index in [0.29, 0.717) is 12.2 Å². The number of nitrogens with zero attached hydrogens (tertiary/aromatic N) is 2. The molecule has 7 nitrogen and oxygen atoms in total. The Labute approximate surface area is 176 Å². The lowest BCUT2D eigenvalue weighted by Crippen LogP contribution is -2.28. The van der Waals surface area contributed by atoms with Crippen LogP contribution in [0.25, 0.3) is 10.9 Å². The fourth-order valence-corrected chi connectivity index (χ4v) is 3.02. The molecule has 3 amide bonds. The number of likely N-dealkylation sites (N-methyl/N-ethyl adjacent to an activating group) is 1. The molecule has 7 heteroatoms. The first-order valence-corrected chi connectivity index (χ1v) is 9.91. The van der Waals surface area contributed by atoms with Crippen LogP contribution in [0.3, 0.4) is 0 Å². The lowest BCUT2D eigenvalue weighted by atomic mass is 10.2. The van der Waals surface area contributed by atoms with Crippen LogP contribution in [0, 0.1) is 0 Å². The lowest BCUT2D eigenvalue weighted by molar-refractivity contribution is -0.129. The first kappa shape index (κ1) is 21.2. The minimum atomic E-state index is -0.279. The Morgan fingerprint density at radius 1 is 1.07 bits per heavy atom. The van der Waals surface area contributed by atoms with E-state index in [9.17, 15) is 9.59 Å². The minimum absolute atomic E-state index is 0.0258. The monoisotopic (exact) mass is 408 g/mol. The minimum Gasteiger partial charge on any atom is -0.491 e. The molecule has 158 valence electrons. The Morgan fingerprint density at radius 3 is 2.47 bits per heavy atom. The first-order valence-electron chi connectivity index (χ1n) is 9.91. The summed E-state index contributed by atoms with van der Waals surface area (Å²) in [4.78, 5) is 25.8. The number of hydrogen-bond acceptors (Lipinski definition) is 3. The van der Waals surface area contributed by atoms with Crippen molar-refractivity contribution in [3.05, 3.63) is 60.3 Å². The van der Waals surface area contributed by atoms with Crippen LogP contribution in [0.2, 0.25) is 0 Å². The van der Waals surface area contributed by atoms with E-state index in [1.807, 2.05) is 73.1 Å². The van der Waals surface area contributed by atoms with Crippen molar-refractivity contribution in [1.29, 1.82) is 0 Å². The van der Waals surface area contributed by atoms with E-state index in [4.69, 9.17) is 4.74 Å². The topological polar surface area (TPSA) is 75.6 Å². The number of carbonyl (C=O) groups excluding carboxylic acids is 2. The van der Waals surface area contributed by atoms with E-state index in [1.165, 1.54) is 0 Å². The van der Waals surface area contributed by atoms with Gasteiger partial charge in [-0.1, -0.05) is 12.1 Å². The smallest absolute Gasteiger partial charge is 0.319 e. The summed E-state index contributed by atoms with van der Waals surface area (Å²) < 4.78 is 7.52. The van der Waals surface area contributed by atoms with Gasteiger partial charge in [0.2, 0.25) is 5.91 Å². The van der Waals surface area contributed by atoms with Gasteiger partial charge in [-0.25, -0.2) is 4.79 Å². The second-order valence-corrected chi connectivity index (χ2v) is 7.62. The molecule has 0 bridgehead atoms. The Hall–Kier alpha value is -3.48. The summed E-state index contributed by atoms with van der Waals surface area (Å²) in [7, 11) is 3.48. The fourth-order valence-electron chi connectivity index (χ4n) is 3.02. The van der Waals surface area contributed by atoms with E-state index < -0.39 is 0 Å². The summed E-state index contributed by atoms with van der Waals surface area (Å²) in [6.07, 6.45) is 2.00. The molecule has 3 rings (SSSR count). The quantitative estimate of drug-likeness (QED) is 0.624. The van der Waals surface area contributed by atoms with Gasteiger partial charge >= 0.3 is 6.03 Å². The predicted octanol–water partition coefficient (Wildman–Crippen LogP) is 3.84. The highest BCUT2D eigenvalue weighted by Gasteiger charge is 2.09. The molecule has 0 aliphatic rings. The molecule has 30 heavy (non-hydrogen) atoms. The number of urea groups is 1. The number of benzene rings is 2. The average molecular weight is 409 g/mol. The number of carbonyl (C=O) groups is 2. The summed E-state index contributed by atoms with van der Waals surface area (Å²) >= 11 is 0. The first-order chi connectivity index (χ1) is 14.3. The van der Waals surface area contributed by atoms with Gasteiger partial charge < -0.3 is 24.8 Å². The summed E-state index contributed by atoms with van der Waals surface area (Å²) in [5.41, 5.74) is 2.62. The van der Waals surface area contributed by atoms with Crippen LogP contribution < -0.4 is 15.4 Å². The molecule has 1 aromatic heterocycles. The Balaban J connectivity index is 1.56. The zero-order chi connectivity index (χ0) is 21.7. The molecule has 1 heterocycles. The highest BCUT2D eigenvalue weighted by atomic mass is 16.5. The summed E-state index contributed by atoms with van der Waals surface area (Å²) in [5, 5.41) is 6.66. The number of aromatic nitrogens is 1. The van der Waals surface area contributed by atoms with E-state index in [0.717, 1.165) is 22.2 Å². The molecule has 0 atom stereocenters. The van der Waals surface area contributed by atoms with Gasteiger partial charge in [-0.2, -0.15) is 0 Å². The van der Waals surface area contributed by atoms with Crippen molar-refractivity contribution in [2.24, 2.45) is 0 Å². The van der Waals surface area contributed by atoms with Crippen LogP contribution in [0.15, 0.2) is 54.7 Å². The van der Waals surface area contributed by atoms with Crippen LogP contribution in [-0.4, -0.2) is 41.6 Å². The molecule has 0 aliphatic heterocycles. The third-order valence-corrected chi connectivity index (χ3v) is 4.58. The highest BCUT2D eigenvalue weighted by molar-refractivity contribution is 5.93. The van der Waals surface area contributed by atoms with Crippen LogP contribution >= 0.6 is 0 Å². The number of nitrogens with one attached hydrogen (secondary N) is 2. The van der Waals surface area contributed by atoms with Crippen molar-refractivity contribution in [2.75, 3.05) is 19.4 Å². The summed E-state index contributed by atoms with van der Waals surface area (Å²) in [6.45, 7) is 4.66. The van der Waals surface area contributed by atoms with Gasteiger partial charge in [-0.15, -0.1) is 0 Å². The maximum absolute atomic E-state index is 12.3. The maximum Gasteiger partial charge on any atom is 0.319 e. The number of anilines is 1. The predicted molar refractivity (Wildman–Crippen MR) is 119 cm³/mol. The van der Waals surface area contributed by atoms with Gasteiger partial charge in [-0.3, -0.25) is 4.79 Å². The Kier molecular flexibility index (Phi) is 6.61. The molecule has 2 aromatic carbocycles. The Bertz CT molecular complexity index is 1020. The number of ether oxygens (including phenoxy) is 1. The second kappa shape index (κ2) is 9.35. The van der Waals surface area contributed by atoms with Crippen molar-refractivity contribution in [2.45, 2.75) is 33.0 Å². The zero-order valence-electron chi connectivity index (χ0n) is 17.8. The fraction of sp³-hybridized carbons (Fsp3) is 0.304. The lowest BCUT2D eigenvalue weighted by Gasteiger charge is -2.12. The van der Waals surface area contributed by atoms with Crippen molar-refractivity contribution < 1.29 is 14.3 Å². The molecule has 2 N–H and O–H groups in total. The van der Waals surface area contributed by atoms with E-state index in [2.05, 4.69) is 10.6 Å². The van der Waals surface area contributed by atoms with E-state index in [1.54, 1.807) is 19.0 Å². The van der Waals surface area contributed by atoms with Gasteiger partial charge in [0, 0.05) is 43.4 Å². The van der Waals surface area contributed by atoms with Crippen LogP contribution in [0.5, 0.6) is 5.75 Å². The van der Waals surface area contributed by atoms with Gasteiger partial charge in [0.1, 0.15) is 12.3 Å². The number of hydrogen-bond donors (Lipinski definition) is 2. The zero-order valence-corrected chi connectivity index (χ0v) is 17.8. The summed E-state index contributed by atoms with van der Waals surface area (Å²) in [6, 6.07) is 14.9. The van der Waals surface area contributed by atoms with Gasteiger partial charge in [0.05, 0.1) is 6.10 Å². The van der Waals surface area contributed by atoms with E-state index >= 15 is 0 Å². The molecule has 0 unspecified atom stereocenters. The molecular formula is C23H28N4O3. The Morgan fingerprint density at radius 2 is 1.80 bits per heavy atom. The van der Waals surface area contributed by atoms with Crippen LogP contribution in [-0.2, 0) is 17.9 Å². The molecule has 0 spiro atoms. The van der Waals surface area contributed by atoms with Gasteiger partial charge in [-0.05, 0) is 55.8 Å². The average Bonchev–Trinajstić information content (AvgIpc) is 3.09. The molecular weight excluding hydrogens is 380 g/mol. The molecule has 0 aliphatic carbocycles. The maximum atomic E-state index is 12.3. The summed E-state index contributed by atoms with van der Waals surface area (Å²) in [5.74, 6) is 0.837. The van der Waals surface area contributed by atoms with Crippen molar-refractivity contribution in [3.8, 4) is 5.75 Å². The number of amides is 3. The number of rotatable bonds is 7. The third-order valence-electron chi connectivity index (χ3n) is 4.58. The van der Waals surface area contributed by atoms with Crippen molar-refractivity contribution >= 4 is 28.5 Å². The van der Waals surface area contributed by atoms with Gasteiger partial charge in [0.25, 0.3) is 0 Å². The molecule has 0 radical (unpaired) electrons. The van der Waals surface area contributed by atoms with E-state index in [-0.39, 0.29) is 24.6 Å². The molecule has 0 saturated heterocycles. The third kappa shape index (κ3) is 5.53. The molecule has 0 saturated carbocycles. The SMILES string of the molecule is CC(C)Oc1ccc(CNC(=O)Nc2ccc3c(ccn3CC(=O)N(C)C)c2)cc1. The van der Waals surface area contributed by atoms with Crippen LogP contribution in [0.4, 0.5) is 10.5 Å². The van der Waals surface area contributed by atoms with Crippen molar-refractivity contribution in [1.82, 2.24) is 14.8 Å². The van der Waals surface area contributed by atoms with Crippen LogP contribution in [0.1, 0.15) is 19.4 Å².